The van der Waals surface area contributed by atoms with Crippen molar-refractivity contribution >= 4 is 56.4 Å². The highest BCUT2D eigenvalue weighted by atomic mass is 79.9. The van der Waals surface area contributed by atoms with Crippen LogP contribution in [0.25, 0.3) is 22.3 Å². The van der Waals surface area contributed by atoms with E-state index in [1.54, 1.807) is 50.1 Å². The van der Waals surface area contributed by atoms with Crippen molar-refractivity contribution in [1.82, 2.24) is 63.8 Å². The Bertz CT molecular complexity index is 3010. The third kappa shape index (κ3) is 8.25. The highest BCUT2D eigenvalue weighted by molar-refractivity contribution is 9.10. The fraction of sp³-hybridized carbons (Fsp3) is 0.381. The van der Waals surface area contributed by atoms with Gasteiger partial charge in [0.2, 0.25) is 11.8 Å². The Morgan fingerprint density at radius 3 is 1.56 bits per heavy atom. The largest absolute Gasteiger partial charge is 0.497 e. The van der Waals surface area contributed by atoms with Crippen LogP contribution in [0.4, 0.5) is 5.69 Å². The van der Waals surface area contributed by atoms with Crippen LogP contribution in [-0.2, 0) is 27.2 Å². The first-order chi connectivity index (χ1) is 30.7. The molecule has 0 bridgehead atoms. The highest BCUT2D eigenvalue weighted by Gasteiger charge is 2.58. The molecule has 22 heteroatoms. The van der Waals surface area contributed by atoms with Crippen LogP contribution in [0.5, 0.6) is 11.5 Å². The number of aromatic nitrogens is 12. The Morgan fingerprint density at radius 1 is 0.656 bits per heavy atom. The molecule has 2 aliphatic carbocycles. The molecule has 8 heterocycles. The van der Waals surface area contributed by atoms with Gasteiger partial charge < -0.3 is 37.9 Å². The minimum absolute atomic E-state index is 0. The van der Waals surface area contributed by atoms with Gasteiger partial charge in [0.25, 0.3) is 11.1 Å². The number of hydrogen-bond donors (Lipinski definition) is 1. The molecule has 0 radical (unpaired) electrons. The van der Waals surface area contributed by atoms with E-state index in [1.165, 1.54) is 27.5 Å². The zero-order valence-electron chi connectivity index (χ0n) is 35.2. The van der Waals surface area contributed by atoms with Crippen molar-refractivity contribution in [2.24, 2.45) is 37.8 Å². The molecule has 64 heavy (non-hydrogen) atoms. The Morgan fingerprint density at radius 2 is 1.09 bits per heavy atom. The molecule has 6 atom stereocenters. The van der Waals surface area contributed by atoms with Crippen LogP contribution in [-0.4, -0.2) is 98.9 Å². The van der Waals surface area contributed by atoms with E-state index >= 15 is 0 Å². The van der Waals surface area contributed by atoms with E-state index in [-0.39, 0.29) is 36.6 Å². The number of nitrogens with one attached hydrogen (secondary N) is 1. The zero-order valence-corrected chi connectivity index (χ0v) is 37.6. The molecule has 2 unspecified atom stereocenters. The summed E-state index contributed by atoms with van der Waals surface area (Å²) in [6.07, 6.45) is 6.10. The number of hydrogen-bond acceptors (Lipinski definition) is 16. The molecule has 20 nitrogen and oxygen atoms in total. The van der Waals surface area contributed by atoms with E-state index < -0.39 is 0 Å². The summed E-state index contributed by atoms with van der Waals surface area (Å²) in [6.45, 7) is 4.43. The SMILES string of the molecule is COc1ccc(Br)cc1.COc1ccc(N2C[C@@H]3C(c4noc(Cn5cnc6ncn(C)c6c5=O)n4)[C@@H]3C2)cc1.Cl.Cn1cnc2ncn(Cc3nc(C4[C@H]5CNC[C@@H]45)no3)c(=O)c21. The third-order valence-electron chi connectivity index (χ3n) is 12.3. The summed E-state index contributed by atoms with van der Waals surface area (Å²) in [5.74, 6) is 7.16. The number of halogens is 2. The minimum atomic E-state index is -0.178. The number of aryl methyl sites for hydroxylation is 2. The second kappa shape index (κ2) is 17.6. The van der Waals surface area contributed by atoms with Gasteiger partial charge in [-0.1, -0.05) is 26.2 Å². The van der Waals surface area contributed by atoms with Crippen molar-refractivity contribution in [1.29, 1.82) is 0 Å². The molecule has 332 valence electrons. The molecule has 12 rings (SSSR count). The van der Waals surface area contributed by atoms with Crippen LogP contribution in [0, 0.1) is 23.7 Å². The van der Waals surface area contributed by atoms with E-state index in [4.69, 9.17) is 18.5 Å². The number of benzene rings is 2. The lowest BCUT2D eigenvalue weighted by Gasteiger charge is -2.21. The normalized spacial score (nSPS) is 21.3. The predicted molar refractivity (Wildman–Crippen MR) is 238 cm³/mol. The highest BCUT2D eigenvalue weighted by Crippen LogP contribution is 2.58. The van der Waals surface area contributed by atoms with Gasteiger partial charge in [-0.25, -0.2) is 19.9 Å². The lowest BCUT2D eigenvalue weighted by Crippen LogP contribution is -2.23. The zero-order chi connectivity index (χ0) is 43.4. The van der Waals surface area contributed by atoms with E-state index in [1.807, 2.05) is 36.4 Å². The average molecular weight is 956 g/mol. The van der Waals surface area contributed by atoms with Crippen molar-refractivity contribution in [3.63, 3.8) is 0 Å². The van der Waals surface area contributed by atoms with Crippen LogP contribution in [0.15, 0.2) is 96.9 Å². The number of nitrogens with zero attached hydrogens (tertiary/aromatic N) is 13. The van der Waals surface area contributed by atoms with Gasteiger partial charge in [0, 0.05) is 49.2 Å². The molecular formula is C42H44BrClN14O6. The maximum absolute atomic E-state index is 12.7. The van der Waals surface area contributed by atoms with E-state index in [9.17, 15) is 9.59 Å². The molecule has 8 aromatic rings. The van der Waals surface area contributed by atoms with Crippen molar-refractivity contribution < 1.29 is 18.5 Å². The molecule has 4 fully saturated rings. The quantitative estimate of drug-likeness (QED) is 0.218. The van der Waals surface area contributed by atoms with E-state index in [0.717, 1.165) is 53.8 Å². The molecule has 2 saturated heterocycles. The summed E-state index contributed by atoms with van der Waals surface area (Å²) in [6, 6.07) is 15.9. The Kier molecular flexibility index (Phi) is 11.8. The van der Waals surface area contributed by atoms with Crippen molar-refractivity contribution in [3.8, 4) is 11.5 Å². The molecule has 0 amide bonds. The first kappa shape index (κ1) is 42.8. The molecule has 2 saturated carbocycles. The fourth-order valence-corrected chi connectivity index (χ4v) is 9.15. The summed E-state index contributed by atoms with van der Waals surface area (Å²) in [4.78, 5) is 53.2. The second-order valence-electron chi connectivity index (χ2n) is 16.1. The number of anilines is 1. The fourth-order valence-electron chi connectivity index (χ4n) is 8.88. The van der Waals surface area contributed by atoms with Crippen molar-refractivity contribution in [2.45, 2.75) is 24.9 Å². The standard InChI is InChI=1S/C21H21N7O3.C14H15N7O2.C7H7BrO.ClH/c1-26-10-22-20-18(26)21(29)28(11-23-20)9-16-24-19(25-31-16)17-14-7-27(8-15(14)17)12-3-5-13(30-2)6-4-12;1-20-5-16-13-11(20)14(22)21(6-17-13)4-9-18-12(19-23-9)10-7-2-15-3-8(7)10;1-9-7-4-2-6(8)3-5-7;/h3-6,10-11,14-15,17H,7-9H2,1-2H3;5-8,10,15H,2-4H2,1H3;2-5H,1H3;1H/t14-,15+,17?;7-,8+,10?;;. The number of fused-ring (bicyclic) bond motifs is 4. The monoisotopic (exact) mass is 954 g/mol. The van der Waals surface area contributed by atoms with Crippen molar-refractivity contribution in [2.75, 3.05) is 45.3 Å². The molecule has 6 aromatic heterocycles. The number of methoxy groups -OCH3 is 2. The van der Waals surface area contributed by atoms with Gasteiger partial charge in [0.1, 0.15) is 37.2 Å². The smallest absolute Gasteiger partial charge is 0.280 e. The minimum Gasteiger partial charge on any atom is -0.497 e. The lowest BCUT2D eigenvalue weighted by atomic mass is 10.2. The van der Waals surface area contributed by atoms with Crippen LogP contribution < -0.4 is 30.8 Å². The molecule has 0 spiro atoms. The lowest BCUT2D eigenvalue weighted by molar-refractivity contribution is 0.363. The number of ether oxygens (including phenoxy) is 2. The van der Waals surface area contributed by atoms with E-state index in [2.05, 4.69) is 78.5 Å². The molecule has 2 aliphatic heterocycles. The van der Waals surface area contributed by atoms with Gasteiger partial charge in [0.15, 0.2) is 34.0 Å². The number of piperidine rings is 2. The average Bonchev–Trinajstić information content (AvgIpc) is 3.86. The Hall–Kier alpha value is -6.45. The van der Waals surface area contributed by atoms with Gasteiger partial charge in [-0.05, 0) is 85.3 Å². The molecular weight excluding hydrogens is 912 g/mol. The maximum atomic E-state index is 12.7. The van der Waals surface area contributed by atoms with Crippen LogP contribution in [0.2, 0.25) is 0 Å². The number of rotatable bonds is 9. The Labute approximate surface area is 379 Å². The molecule has 4 aliphatic rings. The van der Waals surface area contributed by atoms with Crippen LogP contribution >= 0.6 is 28.3 Å². The maximum Gasteiger partial charge on any atom is 0.280 e. The summed E-state index contributed by atoms with van der Waals surface area (Å²) in [5, 5.41) is 11.6. The van der Waals surface area contributed by atoms with Crippen LogP contribution in [0.3, 0.4) is 0 Å². The van der Waals surface area contributed by atoms with Gasteiger partial charge in [0.05, 0.1) is 26.9 Å². The first-order valence-corrected chi connectivity index (χ1v) is 21.2. The summed E-state index contributed by atoms with van der Waals surface area (Å²) in [5.41, 5.74) is 2.66. The van der Waals surface area contributed by atoms with Crippen molar-refractivity contribution in [3.05, 3.63) is 122 Å². The van der Waals surface area contributed by atoms with Gasteiger partial charge in [-0.3, -0.25) is 18.7 Å². The predicted octanol–water partition coefficient (Wildman–Crippen LogP) is 3.79. The molecule has 1 N–H and O–H groups in total. The van der Waals surface area contributed by atoms with Crippen LogP contribution in [0.1, 0.15) is 35.3 Å². The molecule has 2 aromatic carbocycles. The first-order valence-electron chi connectivity index (χ1n) is 20.4. The van der Waals surface area contributed by atoms with Gasteiger partial charge >= 0.3 is 0 Å². The second-order valence-corrected chi connectivity index (χ2v) is 17.0. The summed E-state index contributed by atoms with van der Waals surface area (Å²) < 4.78 is 28.3. The van der Waals surface area contributed by atoms with Gasteiger partial charge in [-0.2, -0.15) is 9.97 Å². The van der Waals surface area contributed by atoms with E-state index in [0.29, 0.717) is 69.6 Å². The third-order valence-corrected chi connectivity index (χ3v) is 12.9. The van der Waals surface area contributed by atoms with Gasteiger partial charge in [-0.15, -0.1) is 12.4 Å². The summed E-state index contributed by atoms with van der Waals surface area (Å²) >= 11 is 3.32. The topological polar surface area (TPSA) is 217 Å². The number of imidazole rings is 2. The summed E-state index contributed by atoms with van der Waals surface area (Å²) in [7, 11) is 6.87. The Balaban J connectivity index is 0.000000138.